The molecule has 0 bridgehead atoms. The minimum atomic E-state index is -1.08. The van der Waals surface area contributed by atoms with Crippen LogP contribution in [0.3, 0.4) is 0 Å². The van der Waals surface area contributed by atoms with Crippen molar-refractivity contribution >= 4 is 5.97 Å². The number of aromatic carboxylic acids is 1. The second kappa shape index (κ2) is 4.86. The van der Waals surface area contributed by atoms with Crippen molar-refractivity contribution in [3.8, 4) is 0 Å². The predicted molar refractivity (Wildman–Crippen MR) is 54.4 cm³/mol. The van der Waals surface area contributed by atoms with E-state index >= 15 is 0 Å². The first kappa shape index (κ1) is 11.6. The first-order chi connectivity index (χ1) is 7.06. The molecule has 15 heavy (non-hydrogen) atoms. The summed E-state index contributed by atoms with van der Waals surface area (Å²) in [5.41, 5.74) is 6.25. The molecular formula is C10H14N2O3. The van der Waals surface area contributed by atoms with Gasteiger partial charge in [-0.15, -0.1) is 0 Å². The molecule has 0 amide bonds. The molecule has 1 aromatic rings. The Morgan fingerprint density at radius 3 is 2.80 bits per heavy atom. The Bertz CT molecular complexity index is 354. The zero-order chi connectivity index (χ0) is 11.4. The molecule has 5 nitrogen and oxygen atoms in total. The molecular weight excluding hydrogens is 196 g/mol. The topological polar surface area (TPSA) is 96.4 Å². The van der Waals surface area contributed by atoms with Crippen molar-refractivity contribution in [3.63, 3.8) is 0 Å². The summed E-state index contributed by atoms with van der Waals surface area (Å²) in [5, 5.41) is 17.7. The van der Waals surface area contributed by atoms with E-state index in [4.69, 9.17) is 15.9 Å². The van der Waals surface area contributed by atoms with Gasteiger partial charge in [-0.25, -0.2) is 9.78 Å². The normalized spacial score (nSPS) is 14.6. The van der Waals surface area contributed by atoms with Gasteiger partial charge in [0.1, 0.15) is 5.69 Å². The summed E-state index contributed by atoms with van der Waals surface area (Å²) in [6.45, 7) is 1.72. The van der Waals surface area contributed by atoms with Crippen LogP contribution in [0.4, 0.5) is 0 Å². The Balaban J connectivity index is 2.94. The number of hydrogen-bond acceptors (Lipinski definition) is 4. The van der Waals surface area contributed by atoms with Crippen molar-refractivity contribution in [2.24, 2.45) is 11.7 Å². The van der Waals surface area contributed by atoms with Crippen LogP contribution in [-0.2, 0) is 0 Å². The van der Waals surface area contributed by atoms with Gasteiger partial charge in [-0.05, 0) is 18.1 Å². The largest absolute Gasteiger partial charge is 0.477 e. The minimum Gasteiger partial charge on any atom is -0.477 e. The van der Waals surface area contributed by atoms with Crippen molar-refractivity contribution in [1.82, 2.24) is 4.98 Å². The first-order valence-corrected chi connectivity index (χ1v) is 4.63. The van der Waals surface area contributed by atoms with Gasteiger partial charge in [-0.3, -0.25) is 0 Å². The number of carboxylic acid groups (broad SMARTS) is 1. The maximum Gasteiger partial charge on any atom is 0.354 e. The predicted octanol–water partition coefficient (Wildman–Crippen LogP) is 0.408. The van der Waals surface area contributed by atoms with E-state index in [9.17, 15) is 4.79 Å². The van der Waals surface area contributed by atoms with Crippen molar-refractivity contribution < 1.29 is 15.0 Å². The third kappa shape index (κ3) is 2.74. The van der Waals surface area contributed by atoms with Gasteiger partial charge in [-0.1, -0.05) is 13.0 Å². The molecule has 0 saturated heterocycles. The molecule has 82 valence electrons. The molecule has 0 aliphatic carbocycles. The van der Waals surface area contributed by atoms with E-state index in [1.807, 2.05) is 0 Å². The van der Waals surface area contributed by atoms with E-state index in [0.717, 1.165) is 0 Å². The average molecular weight is 210 g/mol. The van der Waals surface area contributed by atoms with Crippen LogP contribution in [0.5, 0.6) is 0 Å². The molecule has 2 unspecified atom stereocenters. The molecule has 0 spiro atoms. The highest BCUT2D eigenvalue weighted by Gasteiger charge is 2.16. The Kier molecular flexibility index (Phi) is 3.76. The molecule has 5 heteroatoms. The van der Waals surface area contributed by atoms with Crippen molar-refractivity contribution in [3.05, 3.63) is 29.6 Å². The molecule has 1 rings (SSSR count). The fourth-order valence-electron chi connectivity index (χ4n) is 1.16. The lowest BCUT2D eigenvalue weighted by molar-refractivity contribution is 0.0690. The fourth-order valence-corrected chi connectivity index (χ4v) is 1.16. The highest BCUT2D eigenvalue weighted by Crippen LogP contribution is 2.16. The van der Waals surface area contributed by atoms with Crippen LogP contribution in [0.2, 0.25) is 0 Å². The number of carboxylic acids is 1. The van der Waals surface area contributed by atoms with Gasteiger partial charge in [0.05, 0.1) is 11.7 Å². The van der Waals surface area contributed by atoms with Crippen molar-refractivity contribution in [2.75, 3.05) is 6.61 Å². The summed E-state index contributed by atoms with van der Waals surface area (Å²) in [6.07, 6.45) is 0. The fraction of sp³-hybridized carbons (Fsp3) is 0.400. The summed E-state index contributed by atoms with van der Waals surface area (Å²) < 4.78 is 0. The van der Waals surface area contributed by atoms with E-state index in [2.05, 4.69) is 4.98 Å². The molecule has 0 aliphatic heterocycles. The van der Waals surface area contributed by atoms with Crippen molar-refractivity contribution in [1.29, 1.82) is 0 Å². The lowest BCUT2D eigenvalue weighted by Gasteiger charge is -2.16. The summed E-state index contributed by atoms with van der Waals surface area (Å²) in [4.78, 5) is 14.6. The number of hydrogen-bond donors (Lipinski definition) is 3. The number of nitrogens with zero attached hydrogens (tertiary/aromatic N) is 1. The van der Waals surface area contributed by atoms with E-state index in [1.54, 1.807) is 19.1 Å². The number of aromatic nitrogens is 1. The molecule has 0 fully saturated rings. The van der Waals surface area contributed by atoms with Crippen LogP contribution in [0.1, 0.15) is 29.1 Å². The Labute approximate surface area is 87.6 Å². The van der Waals surface area contributed by atoms with Crippen molar-refractivity contribution in [2.45, 2.75) is 13.0 Å². The third-order valence-corrected chi connectivity index (χ3v) is 2.23. The maximum atomic E-state index is 10.7. The van der Waals surface area contributed by atoms with Gasteiger partial charge in [0.15, 0.2) is 0 Å². The lowest BCUT2D eigenvalue weighted by Crippen LogP contribution is -2.23. The Morgan fingerprint density at radius 2 is 2.27 bits per heavy atom. The summed E-state index contributed by atoms with van der Waals surface area (Å²) in [6, 6.07) is 4.20. The SMILES string of the molecule is CC(CO)C(N)c1cccc(C(=O)O)n1. The smallest absolute Gasteiger partial charge is 0.354 e. The number of nitrogens with two attached hydrogens (primary N) is 1. The average Bonchev–Trinajstić information content (AvgIpc) is 2.27. The number of aliphatic hydroxyl groups is 1. The highest BCUT2D eigenvalue weighted by atomic mass is 16.4. The number of aliphatic hydroxyl groups excluding tert-OH is 1. The van der Waals surface area contributed by atoms with Crippen LogP contribution in [0.25, 0.3) is 0 Å². The van der Waals surface area contributed by atoms with Gasteiger partial charge < -0.3 is 15.9 Å². The number of carbonyl (C=O) groups is 1. The quantitative estimate of drug-likeness (QED) is 0.668. The zero-order valence-electron chi connectivity index (χ0n) is 8.42. The van der Waals surface area contributed by atoms with Gasteiger partial charge >= 0.3 is 5.97 Å². The van der Waals surface area contributed by atoms with E-state index < -0.39 is 12.0 Å². The molecule has 1 heterocycles. The van der Waals surface area contributed by atoms with Gasteiger partial charge in [0.2, 0.25) is 0 Å². The molecule has 0 aromatic carbocycles. The number of pyridine rings is 1. The molecule has 2 atom stereocenters. The molecule has 4 N–H and O–H groups in total. The minimum absolute atomic E-state index is 0.0342. The molecule has 0 saturated carbocycles. The van der Waals surface area contributed by atoms with E-state index in [0.29, 0.717) is 5.69 Å². The molecule has 0 radical (unpaired) electrons. The number of rotatable bonds is 4. The van der Waals surface area contributed by atoms with Crippen LogP contribution in [0.15, 0.2) is 18.2 Å². The monoisotopic (exact) mass is 210 g/mol. The third-order valence-electron chi connectivity index (χ3n) is 2.23. The van der Waals surface area contributed by atoms with E-state index in [-0.39, 0.29) is 18.2 Å². The standard InChI is InChI=1S/C10H14N2O3/c1-6(5-13)9(11)7-3-2-4-8(12-7)10(14)15/h2-4,6,9,13H,5,11H2,1H3,(H,14,15). The molecule has 1 aromatic heterocycles. The maximum absolute atomic E-state index is 10.7. The summed E-state index contributed by atoms with van der Waals surface area (Å²) >= 11 is 0. The summed E-state index contributed by atoms with van der Waals surface area (Å²) in [5.74, 6) is -1.23. The van der Waals surface area contributed by atoms with Gasteiger partial charge in [0.25, 0.3) is 0 Å². The second-order valence-electron chi connectivity index (χ2n) is 3.44. The van der Waals surface area contributed by atoms with E-state index in [1.165, 1.54) is 6.07 Å². The lowest BCUT2D eigenvalue weighted by atomic mass is 10.0. The first-order valence-electron chi connectivity index (χ1n) is 4.63. The van der Waals surface area contributed by atoms with Gasteiger partial charge in [-0.2, -0.15) is 0 Å². The van der Waals surface area contributed by atoms with Crippen LogP contribution in [0, 0.1) is 5.92 Å². The summed E-state index contributed by atoms with van der Waals surface area (Å²) in [7, 11) is 0. The van der Waals surface area contributed by atoms with Crippen LogP contribution in [-0.4, -0.2) is 27.8 Å². The van der Waals surface area contributed by atoms with Gasteiger partial charge in [0, 0.05) is 6.61 Å². The highest BCUT2D eigenvalue weighted by molar-refractivity contribution is 5.85. The Morgan fingerprint density at radius 1 is 1.60 bits per heavy atom. The second-order valence-corrected chi connectivity index (χ2v) is 3.44. The molecule has 0 aliphatic rings. The van der Waals surface area contributed by atoms with Crippen LogP contribution < -0.4 is 5.73 Å². The Hall–Kier alpha value is -1.46. The zero-order valence-corrected chi connectivity index (χ0v) is 8.42. The van der Waals surface area contributed by atoms with Crippen LogP contribution >= 0.6 is 0 Å².